The largest absolute Gasteiger partial charge is 0.456 e. The Morgan fingerprint density at radius 1 is 0.241 bits per heavy atom. The first-order valence-corrected chi connectivity index (χ1v) is 19.8. The third-order valence-corrected chi connectivity index (χ3v) is 12.2. The summed E-state index contributed by atoms with van der Waals surface area (Å²) >= 11 is 0. The highest BCUT2D eigenvalue weighted by atomic mass is 16.3. The van der Waals surface area contributed by atoms with Crippen LogP contribution in [0, 0.1) is 0 Å². The van der Waals surface area contributed by atoms with Crippen LogP contribution < -0.4 is 0 Å². The summed E-state index contributed by atoms with van der Waals surface area (Å²) in [5.74, 6) is 0. The van der Waals surface area contributed by atoms with E-state index in [0.717, 1.165) is 55.6 Å². The van der Waals surface area contributed by atoms with Gasteiger partial charge in [0.15, 0.2) is 0 Å². The molecule has 13 rings (SSSR count). The molecule has 0 aliphatic rings. The lowest BCUT2D eigenvalue weighted by Crippen LogP contribution is -2.00. The van der Waals surface area contributed by atoms with Crippen LogP contribution in [0.15, 0.2) is 205 Å². The molecule has 0 amide bonds. The molecule has 4 heterocycles. The molecule has 4 heteroatoms. The Kier molecular flexibility index (Phi) is 6.41. The van der Waals surface area contributed by atoms with Gasteiger partial charge in [-0.05, 0) is 83.9 Å². The molecule has 270 valence electrons. The van der Waals surface area contributed by atoms with Crippen LogP contribution in [0.3, 0.4) is 0 Å². The average molecular weight is 740 g/mol. The second-order valence-electron chi connectivity index (χ2n) is 15.3. The molecule has 0 aliphatic heterocycles. The summed E-state index contributed by atoms with van der Waals surface area (Å²) in [7, 11) is 0. The smallest absolute Gasteiger partial charge is 0.137 e. The number of hydrogen-bond donors (Lipinski definition) is 0. The molecule has 4 nitrogen and oxygen atoms in total. The summed E-state index contributed by atoms with van der Waals surface area (Å²) in [6.07, 6.45) is 0. The normalized spacial score (nSPS) is 12.1. The van der Waals surface area contributed by atoms with E-state index >= 15 is 0 Å². The van der Waals surface area contributed by atoms with E-state index in [1.54, 1.807) is 0 Å². The van der Waals surface area contributed by atoms with Crippen LogP contribution in [0.4, 0.5) is 0 Å². The van der Waals surface area contributed by atoms with Crippen LogP contribution in [-0.4, -0.2) is 13.7 Å². The zero-order chi connectivity index (χ0) is 37.9. The summed E-state index contributed by atoms with van der Waals surface area (Å²) in [6, 6.07) is 72.7. The third kappa shape index (κ3) is 4.40. The van der Waals surface area contributed by atoms with Gasteiger partial charge in [-0.3, -0.25) is 0 Å². The Balaban J connectivity index is 1.04. The van der Waals surface area contributed by atoms with Crippen molar-refractivity contribution in [2.24, 2.45) is 0 Å². The van der Waals surface area contributed by atoms with Gasteiger partial charge in [-0.15, -0.1) is 0 Å². The lowest BCUT2D eigenvalue weighted by molar-refractivity contribution is 0.669. The molecule has 0 atom stereocenters. The van der Waals surface area contributed by atoms with Gasteiger partial charge in [0.25, 0.3) is 0 Å². The van der Waals surface area contributed by atoms with Crippen molar-refractivity contribution in [3.8, 4) is 28.2 Å². The van der Waals surface area contributed by atoms with E-state index in [2.05, 4.69) is 202 Å². The molecule has 0 N–H and O–H groups in total. The number of benzene rings is 9. The molecule has 13 aromatic rings. The molecule has 0 bridgehead atoms. The van der Waals surface area contributed by atoms with Crippen LogP contribution in [0.25, 0.3) is 116 Å². The minimum Gasteiger partial charge on any atom is -0.456 e. The van der Waals surface area contributed by atoms with Crippen molar-refractivity contribution in [1.29, 1.82) is 0 Å². The molecule has 0 fully saturated rings. The fourth-order valence-corrected chi connectivity index (χ4v) is 9.69. The maximum absolute atomic E-state index is 6.40. The maximum Gasteiger partial charge on any atom is 0.137 e. The standard InChI is InChI=1S/C54H33N3O/c1-7-19-47-39(13-1)40-14-2-8-20-48(40)56(47)37-29-35(30-38(31-37)57-49-21-9-3-15-41(49)42-16-4-10-22-50(42)57)34-25-27-36(28-26-34)55-51-23-11-5-17-43(51)45-32-46-44-18-6-12-24-53(44)58-54(46)33-52(45)55/h1-33H. The lowest BCUT2D eigenvalue weighted by atomic mass is 10.0. The number of rotatable bonds is 4. The van der Waals surface area contributed by atoms with E-state index < -0.39 is 0 Å². The zero-order valence-corrected chi connectivity index (χ0v) is 31.3. The molecule has 58 heavy (non-hydrogen) atoms. The highest BCUT2D eigenvalue weighted by Crippen LogP contribution is 2.40. The number of para-hydroxylation sites is 6. The molecule has 0 radical (unpaired) electrons. The summed E-state index contributed by atoms with van der Waals surface area (Å²) in [4.78, 5) is 0. The predicted molar refractivity (Wildman–Crippen MR) is 242 cm³/mol. The van der Waals surface area contributed by atoms with Gasteiger partial charge in [0.2, 0.25) is 0 Å². The Bertz CT molecular complexity index is 3560. The van der Waals surface area contributed by atoms with E-state index in [1.165, 1.54) is 59.9 Å². The first-order chi connectivity index (χ1) is 28.8. The number of fused-ring (bicyclic) bond motifs is 12. The molecule has 9 aromatic carbocycles. The number of hydrogen-bond acceptors (Lipinski definition) is 1. The van der Waals surface area contributed by atoms with Crippen molar-refractivity contribution in [1.82, 2.24) is 13.7 Å². The van der Waals surface area contributed by atoms with E-state index in [0.29, 0.717) is 0 Å². The SMILES string of the molecule is c1ccc2c(c1)oc1cc3c(cc12)c1ccccc1n3-c1ccc(-c2cc(-n3c4ccccc4c4ccccc43)cc(-n3c4ccccc4c4ccccc43)c2)cc1. The van der Waals surface area contributed by atoms with Crippen molar-refractivity contribution in [2.45, 2.75) is 0 Å². The van der Waals surface area contributed by atoms with E-state index in [-0.39, 0.29) is 0 Å². The average Bonchev–Trinajstić information content (AvgIpc) is 4.02. The van der Waals surface area contributed by atoms with Gasteiger partial charge < -0.3 is 18.1 Å². The molecule has 0 saturated carbocycles. The molecular formula is C54H33N3O. The minimum absolute atomic E-state index is 0.897. The number of nitrogens with zero attached hydrogens (tertiary/aromatic N) is 3. The van der Waals surface area contributed by atoms with Crippen molar-refractivity contribution in [3.63, 3.8) is 0 Å². The van der Waals surface area contributed by atoms with Gasteiger partial charge in [0.05, 0.1) is 33.1 Å². The second-order valence-corrected chi connectivity index (χ2v) is 15.3. The lowest BCUT2D eigenvalue weighted by Gasteiger charge is -2.16. The van der Waals surface area contributed by atoms with Gasteiger partial charge in [0, 0.05) is 66.2 Å². The van der Waals surface area contributed by atoms with Crippen molar-refractivity contribution >= 4 is 87.4 Å². The van der Waals surface area contributed by atoms with Crippen LogP contribution >= 0.6 is 0 Å². The van der Waals surface area contributed by atoms with E-state index in [4.69, 9.17) is 4.42 Å². The van der Waals surface area contributed by atoms with Crippen molar-refractivity contribution in [3.05, 3.63) is 200 Å². The fraction of sp³-hybridized carbons (Fsp3) is 0. The molecule has 0 spiro atoms. The van der Waals surface area contributed by atoms with Gasteiger partial charge in [0.1, 0.15) is 11.2 Å². The number of aromatic nitrogens is 3. The summed E-state index contributed by atoms with van der Waals surface area (Å²) in [6.45, 7) is 0. The maximum atomic E-state index is 6.40. The van der Waals surface area contributed by atoms with Crippen LogP contribution in [-0.2, 0) is 0 Å². The molecule has 4 aromatic heterocycles. The molecule has 0 saturated heterocycles. The fourth-order valence-electron chi connectivity index (χ4n) is 9.69. The highest BCUT2D eigenvalue weighted by Gasteiger charge is 2.19. The Labute approximate surface area is 332 Å². The highest BCUT2D eigenvalue weighted by molar-refractivity contribution is 6.17. The Hall–Kier alpha value is -7.82. The van der Waals surface area contributed by atoms with Crippen LogP contribution in [0.1, 0.15) is 0 Å². The Morgan fingerprint density at radius 2 is 0.655 bits per heavy atom. The first kappa shape index (κ1) is 31.4. The van der Waals surface area contributed by atoms with Crippen molar-refractivity contribution < 1.29 is 4.42 Å². The van der Waals surface area contributed by atoms with Gasteiger partial charge in [-0.1, -0.05) is 121 Å². The van der Waals surface area contributed by atoms with E-state index in [1.807, 2.05) is 12.1 Å². The van der Waals surface area contributed by atoms with Crippen molar-refractivity contribution in [2.75, 3.05) is 0 Å². The second kappa shape index (κ2) is 11.8. The monoisotopic (exact) mass is 739 g/mol. The number of furan rings is 1. The molecule has 0 aliphatic carbocycles. The Morgan fingerprint density at radius 3 is 1.16 bits per heavy atom. The summed E-state index contributed by atoms with van der Waals surface area (Å²) in [5, 5.41) is 9.72. The summed E-state index contributed by atoms with van der Waals surface area (Å²) < 4.78 is 13.6. The van der Waals surface area contributed by atoms with Gasteiger partial charge in [-0.25, -0.2) is 0 Å². The van der Waals surface area contributed by atoms with Gasteiger partial charge >= 0.3 is 0 Å². The van der Waals surface area contributed by atoms with Gasteiger partial charge in [-0.2, -0.15) is 0 Å². The molecular weight excluding hydrogens is 707 g/mol. The topological polar surface area (TPSA) is 27.9 Å². The quantitative estimate of drug-likeness (QED) is 0.177. The van der Waals surface area contributed by atoms with E-state index in [9.17, 15) is 0 Å². The summed E-state index contributed by atoms with van der Waals surface area (Å²) in [5.41, 5.74) is 14.5. The predicted octanol–water partition coefficient (Wildman–Crippen LogP) is 14.5. The van der Waals surface area contributed by atoms with Crippen LogP contribution in [0.5, 0.6) is 0 Å². The van der Waals surface area contributed by atoms with Crippen LogP contribution in [0.2, 0.25) is 0 Å². The zero-order valence-electron chi connectivity index (χ0n) is 31.3. The molecule has 0 unspecified atom stereocenters. The first-order valence-electron chi connectivity index (χ1n) is 19.8. The third-order valence-electron chi connectivity index (χ3n) is 12.2. The minimum atomic E-state index is 0.897.